The van der Waals surface area contributed by atoms with Gasteiger partial charge in [0.2, 0.25) is 11.8 Å². The van der Waals surface area contributed by atoms with Crippen LogP contribution in [0.15, 0.2) is 60.1 Å². The standard InChI is InChI=1S/C18H16N7O7S/c19-18(33)22-21-14-13(15(26)20-9-3-1-5-11(7-9)24(29)30)16(27)23(17(14)28)10-4-2-6-12(8-10)25(31)32/h1-8,13,21,28-29H,(H,20,26)(H3,19,22,33)/q-1/p-1. The van der Waals surface area contributed by atoms with Crippen LogP contribution in [0.3, 0.4) is 0 Å². The van der Waals surface area contributed by atoms with Crippen molar-refractivity contribution >= 4 is 51.9 Å². The number of hydrazine groups is 1. The molecular weight excluding hydrogens is 458 g/mol. The third kappa shape index (κ3) is 4.90. The summed E-state index contributed by atoms with van der Waals surface area (Å²) >= 11 is 4.66. The van der Waals surface area contributed by atoms with Crippen LogP contribution in [0.1, 0.15) is 0 Å². The number of nitro groups is 1. The van der Waals surface area contributed by atoms with Gasteiger partial charge in [-0.15, -0.1) is 0 Å². The highest BCUT2D eigenvalue weighted by Crippen LogP contribution is 2.33. The molecule has 0 bridgehead atoms. The van der Waals surface area contributed by atoms with Gasteiger partial charge in [-0.2, -0.15) is 0 Å². The van der Waals surface area contributed by atoms with Crippen LogP contribution in [0.4, 0.5) is 22.7 Å². The van der Waals surface area contributed by atoms with Crippen LogP contribution >= 0.6 is 12.2 Å². The van der Waals surface area contributed by atoms with Crippen LogP contribution < -0.4 is 37.1 Å². The van der Waals surface area contributed by atoms with Gasteiger partial charge in [-0.3, -0.25) is 35.2 Å². The number of rotatable bonds is 7. The van der Waals surface area contributed by atoms with Gasteiger partial charge in [-0.05, 0) is 42.4 Å². The van der Waals surface area contributed by atoms with E-state index in [2.05, 4.69) is 28.4 Å². The van der Waals surface area contributed by atoms with E-state index >= 15 is 0 Å². The Hall–Kier alpha value is -4.47. The van der Waals surface area contributed by atoms with E-state index < -0.39 is 39.5 Å². The zero-order valence-electron chi connectivity index (χ0n) is 16.4. The number of nitrogens with one attached hydrogen (secondary N) is 3. The van der Waals surface area contributed by atoms with E-state index in [1.807, 2.05) is 0 Å². The van der Waals surface area contributed by atoms with Crippen molar-refractivity contribution in [1.29, 1.82) is 0 Å². The highest BCUT2D eigenvalue weighted by Gasteiger charge is 2.42. The SMILES string of the molecule is NC(=S)NNC1=C([O-])N(c2cccc([N+](=O)[O-])c2)C(=O)C1C(=O)Nc1cccc(N([O-])O)c1. The number of carbonyl (C=O) groups is 2. The Morgan fingerprint density at radius 3 is 2.58 bits per heavy atom. The van der Waals surface area contributed by atoms with Gasteiger partial charge in [-0.25, -0.2) is 0 Å². The smallest absolute Gasteiger partial charge is 0.271 e. The highest BCUT2D eigenvalue weighted by molar-refractivity contribution is 7.80. The van der Waals surface area contributed by atoms with Crippen molar-refractivity contribution in [3.05, 3.63) is 75.4 Å². The number of thiocarbonyl (C=S) groups is 1. The van der Waals surface area contributed by atoms with E-state index in [9.17, 15) is 30.0 Å². The van der Waals surface area contributed by atoms with Gasteiger partial charge in [0.05, 0.1) is 22.0 Å². The Balaban J connectivity index is 1.97. The summed E-state index contributed by atoms with van der Waals surface area (Å²) in [6.07, 6.45) is 0. The molecule has 1 heterocycles. The third-order valence-corrected chi connectivity index (χ3v) is 4.51. The predicted octanol–water partition coefficient (Wildman–Crippen LogP) is -0.243. The lowest BCUT2D eigenvalue weighted by Crippen LogP contribution is -2.44. The minimum Gasteiger partial charge on any atom is -0.858 e. The van der Waals surface area contributed by atoms with Crippen molar-refractivity contribution in [3.8, 4) is 0 Å². The quantitative estimate of drug-likeness (QED) is 0.152. The van der Waals surface area contributed by atoms with Gasteiger partial charge in [-0.1, -0.05) is 12.1 Å². The number of benzene rings is 2. The third-order valence-electron chi connectivity index (χ3n) is 4.41. The van der Waals surface area contributed by atoms with Crippen molar-refractivity contribution in [2.75, 3.05) is 15.4 Å². The maximum Gasteiger partial charge on any atom is 0.271 e. The summed E-state index contributed by atoms with van der Waals surface area (Å²) in [4.78, 5) is 37.0. The van der Waals surface area contributed by atoms with Gasteiger partial charge >= 0.3 is 0 Å². The molecule has 14 nitrogen and oxygen atoms in total. The van der Waals surface area contributed by atoms with Gasteiger partial charge in [0.25, 0.3) is 5.69 Å². The Morgan fingerprint density at radius 1 is 1.24 bits per heavy atom. The molecule has 2 aromatic rings. The van der Waals surface area contributed by atoms with Crippen molar-refractivity contribution in [3.63, 3.8) is 0 Å². The van der Waals surface area contributed by atoms with Crippen LogP contribution in [-0.2, 0) is 9.59 Å². The van der Waals surface area contributed by atoms with E-state index in [1.54, 1.807) is 0 Å². The molecule has 0 aromatic heterocycles. The first-order valence-corrected chi connectivity index (χ1v) is 9.39. The molecule has 15 heteroatoms. The predicted molar refractivity (Wildman–Crippen MR) is 117 cm³/mol. The number of anilines is 3. The summed E-state index contributed by atoms with van der Waals surface area (Å²) in [6.45, 7) is 0. The molecule has 3 rings (SSSR count). The molecule has 0 aliphatic carbocycles. The molecule has 0 radical (unpaired) electrons. The van der Waals surface area contributed by atoms with Crippen LogP contribution in [0.2, 0.25) is 0 Å². The Morgan fingerprint density at radius 2 is 1.94 bits per heavy atom. The monoisotopic (exact) mass is 473 g/mol. The lowest BCUT2D eigenvalue weighted by atomic mass is 10.1. The van der Waals surface area contributed by atoms with Crippen molar-refractivity contribution in [2.45, 2.75) is 0 Å². The zero-order valence-corrected chi connectivity index (χ0v) is 17.2. The first-order valence-electron chi connectivity index (χ1n) is 8.98. The first kappa shape index (κ1) is 23.2. The summed E-state index contributed by atoms with van der Waals surface area (Å²) in [5, 5.41) is 45.8. The lowest BCUT2D eigenvalue weighted by molar-refractivity contribution is -0.384. The van der Waals surface area contributed by atoms with E-state index in [0.29, 0.717) is 4.90 Å². The second kappa shape index (κ2) is 9.35. The fraction of sp³-hybridized carbons (Fsp3) is 0.0556. The number of nitrogens with zero attached hydrogens (tertiary/aromatic N) is 3. The molecule has 172 valence electrons. The van der Waals surface area contributed by atoms with E-state index in [4.69, 9.17) is 10.9 Å². The summed E-state index contributed by atoms with van der Waals surface area (Å²) in [7, 11) is 0. The van der Waals surface area contributed by atoms with Crippen LogP contribution in [0.5, 0.6) is 0 Å². The second-order valence-corrected chi connectivity index (χ2v) is 6.97. The maximum atomic E-state index is 13.1. The van der Waals surface area contributed by atoms with Gasteiger partial charge in [0.15, 0.2) is 11.0 Å². The largest absolute Gasteiger partial charge is 0.858 e. The second-order valence-electron chi connectivity index (χ2n) is 6.53. The number of carbonyl (C=O) groups excluding carboxylic acids is 2. The van der Waals surface area contributed by atoms with Crippen LogP contribution in [0, 0.1) is 21.2 Å². The molecule has 0 saturated heterocycles. The van der Waals surface area contributed by atoms with Gasteiger partial charge < -0.3 is 32.0 Å². The Bertz CT molecular complexity index is 1170. The molecule has 2 aromatic carbocycles. The van der Waals surface area contributed by atoms with Gasteiger partial charge in [0.1, 0.15) is 0 Å². The number of nitrogens with two attached hydrogens (primary N) is 1. The minimum absolute atomic E-state index is 0.0445. The van der Waals surface area contributed by atoms with E-state index in [-0.39, 0.29) is 27.9 Å². The molecule has 0 saturated carbocycles. The normalized spacial score (nSPS) is 15.3. The summed E-state index contributed by atoms with van der Waals surface area (Å²) in [5.74, 6) is -4.67. The average molecular weight is 473 g/mol. The molecule has 1 unspecified atom stereocenters. The zero-order chi connectivity index (χ0) is 24.3. The molecule has 6 N–H and O–H groups in total. The number of hydrogen-bond acceptors (Lipinski definition) is 10. The summed E-state index contributed by atoms with van der Waals surface area (Å²) in [6, 6.07) is 9.87. The highest BCUT2D eigenvalue weighted by atomic mass is 32.1. The van der Waals surface area contributed by atoms with Crippen LogP contribution in [-0.4, -0.2) is 27.1 Å². The Labute approximate surface area is 190 Å². The van der Waals surface area contributed by atoms with Gasteiger partial charge in [0, 0.05) is 17.8 Å². The fourth-order valence-electron chi connectivity index (χ4n) is 3.00. The topological polar surface area (TPSA) is 212 Å². The number of nitro benzene ring substituents is 1. The summed E-state index contributed by atoms with van der Waals surface area (Å²) in [5.41, 5.74) is 8.84. The van der Waals surface area contributed by atoms with E-state index in [0.717, 1.165) is 12.1 Å². The molecular formula is C18H15N7O7S-2. The summed E-state index contributed by atoms with van der Waals surface area (Å²) < 4.78 is 0. The minimum atomic E-state index is -1.72. The molecule has 1 aliphatic rings. The van der Waals surface area contributed by atoms with Crippen molar-refractivity contribution in [2.24, 2.45) is 11.7 Å². The molecule has 33 heavy (non-hydrogen) atoms. The van der Waals surface area contributed by atoms with Crippen LogP contribution in [0.25, 0.3) is 0 Å². The van der Waals surface area contributed by atoms with Crippen molar-refractivity contribution in [1.82, 2.24) is 10.9 Å². The number of non-ortho nitro benzene ring substituents is 1. The number of amides is 2. The molecule has 1 aliphatic heterocycles. The first-order chi connectivity index (χ1) is 15.6. The number of hydrogen-bond donors (Lipinski definition) is 5. The molecule has 2 amide bonds. The Kier molecular flexibility index (Phi) is 6.57. The van der Waals surface area contributed by atoms with E-state index in [1.165, 1.54) is 36.4 Å². The van der Waals surface area contributed by atoms with Crippen molar-refractivity contribution < 1.29 is 24.8 Å². The molecule has 0 fully saturated rings. The average Bonchev–Trinajstić information content (AvgIpc) is 3.01. The molecule has 1 atom stereocenters. The lowest BCUT2D eigenvalue weighted by Gasteiger charge is -2.24. The molecule has 0 spiro atoms. The fourth-order valence-corrected chi connectivity index (χ4v) is 3.05. The maximum absolute atomic E-state index is 13.1.